The number of nitrogens with zero attached hydrogens (tertiary/aromatic N) is 2. The number of aromatic nitrogens is 1. The molecule has 1 aromatic heterocycles. The van der Waals surface area contributed by atoms with Crippen molar-refractivity contribution in [3.8, 4) is 0 Å². The van der Waals surface area contributed by atoms with E-state index < -0.39 is 5.97 Å². The first kappa shape index (κ1) is 13.9. The second-order valence-electron chi connectivity index (χ2n) is 5.32. The Morgan fingerprint density at radius 1 is 1.57 bits per heavy atom. The number of piperidine rings is 1. The van der Waals surface area contributed by atoms with Gasteiger partial charge in [-0.15, -0.1) is 0 Å². The Balaban J connectivity index is 1.84. The number of hydrogen-bond donors (Lipinski definition) is 1. The normalized spacial score (nSPS) is 19.1. The Bertz CT molecular complexity index is 652. The van der Waals surface area contributed by atoms with Crippen molar-refractivity contribution < 1.29 is 19.1 Å². The molecule has 3 rings (SSSR count). The van der Waals surface area contributed by atoms with Crippen LogP contribution in [0.2, 0.25) is 0 Å². The van der Waals surface area contributed by atoms with E-state index in [1.54, 1.807) is 7.11 Å². The minimum Gasteiger partial charge on any atom is -0.481 e. The lowest BCUT2D eigenvalue weighted by molar-refractivity contribution is -0.141. The van der Waals surface area contributed by atoms with Gasteiger partial charge >= 0.3 is 5.97 Å². The van der Waals surface area contributed by atoms with Crippen LogP contribution in [-0.2, 0) is 16.1 Å². The van der Waals surface area contributed by atoms with Gasteiger partial charge in [-0.05, 0) is 31.0 Å². The average molecular weight is 290 g/mol. The maximum Gasteiger partial charge on any atom is 0.308 e. The van der Waals surface area contributed by atoms with Crippen LogP contribution in [0.5, 0.6) is 0 Å². The van der Waals surface area contributed by atoms with Crippen molar-refractivity contribution in [2.24, 2.45) is 5.92 Å². The van der Waals surface area contributed by atoms with E-state index in [0.717, 1.165) is 36.2 Å². The molecule has 2 heterocycles. The molecule has 1 fully saturated rings. The maximum atomic E-state index is 11.2. The maximum absolute atomic E-state index is 11.2. The zero-order valence-electron chi connectivity index (χ0n) is 11.9. The number of carboxylic acids is 1. The Labute approximate surface area is 122 Å². The monoisotopic (exact) mass is 290 g/mol. The zero-order valence-corrected chi connectivity index (χ0v) is 11.9. The summed E-state index contributed by atoms with van der Waals surface area (Å²) in [5, 5.41) is 9.17. The van der Waals surface area contributed by atoms with E-state index >= 15 is 0 Å². The molecule has 1 unspecified atom stereocenters. The van der Waals surface area contributed by atoms with Gasteiger partial charge in [0.05, 0.1) is 5.92 Å². The number of ether oxygens (including phenoxy) is 1. The van der Waals surface area contributed by atoms with E-state index in [1.807, 2.05) is 18.2 Å². The van der Waals surface area contributed by atoms with Gasteiger partial charge in [0.25, 0.3) is 0 Å². The summed E-state index contributed by atoms with van der Waals surface area (Å²) in [5.74, 6) is -0.466. The molecule has 0 amide bonds. The minimum atomic E-state index is -0.718. The number of oxazole rings is 1. The second kappa shape index (κ2) is 5.73. The quantitative estimate of drug-likeness (QED) is 0.931. The second-order valence-corrected chi connectivity index (χ2v) is 5.32. The minimum absolute atomic E-state index is 0.296. The van der Waals surface area contributed by atoms with Crippen LogP contribution in [0.15, 0.2) is 22.6 Å². The molecule has 0 saturated carbocycles. The number of carboxylic acid groups (broad SMARTS) is 1. The Kier molecular flexibility index (Phi) is 3.79. The standard InChI is InChI=1S/C15H18N2O4/c1-20-9-14-16-12-7-11(4-5-13(12)21-14)17-6-2-3-10(8-17)15(18)19/h4-5,7,10H,2-3,6,8-9H2,1H3,(H,18,19). The summed E-state index contributed by atoms with van der Waals surface area (Å²) in [4.78, 5) is 17.6. The Morgan fingerprint density at radius 2 is 2.43 bits per heavy atom. The van der Waals surface area contributed by atoms with Crippen molar-refractivity contribution in [1.29, 1.82) is 0 Å². The fourth-order valence-corrected chi connectivity index (χ4v) is 2.76. The number of carbonyl (C=O) groups is 1. The predicted molar refractivity (Wildman–Crippen MR) is 77.3 cm³/mol. The summed E-state index contributed by atoms with van der Waals surface area (Å²) in [7, 11) is 1.60. The number of benzene rings is 1. The molecule has 0 spiro atoms. The van der Waals surface area contributed by atoms with Crippen molar-refractivity contribution >= 4 is 22.8 Å². The Hall–Kier alpha value is -2.08. The van der Waals surface area contributed by atoms with Crippen LogP contribution in [0, 0.1) is 5.92 Å². The molecule has 0 bridgehead atoms. The van der Waals surface area contributed by atoms with E-state index in [1.165, 1.54) is 0 Å². The van der Waals surface area contributed by atoms with Gasteiger partial charge < -0.3 is 19.2 Å². The summed E-state index contributed by atoms with van der Waals surface area (Å²) < 4.78 is 10.6. The van der Waals surface area contributed by atoms with E-state index in [2.05, 4.69) is 9.88 Å². The number of rotatable bonds is 4. The van der Waals surface area contributed by atoms with E-state index in [4.69, 9.17) is 14.3 Å². The van der Waals surface area contributed by atoms with Crippen LogP contribution in [0.25, 0.3) is 11.1 Å². The fourth-order valence-electron chi connectivity index (χ4n) is 2.76. The SMILES string of the molecule is COCc1nc2cc(N3CCCC(C(=O)O)C3)ccc2o1. The van der Waals surface area contributed by atoms with Crippen LogP contribution in [0.4, 0.5) is 5.69 Å². The lowest BCUT2D eigenvalue weighted by Crippen LogP contribution is -2.38. The van der Waals surface area contributed by atoms with E-state index in [9.17, 15) is 4.79 Å². The first-order chi connectivity index (χ1) is 10.2. The number of anilines is 1. The molecule has 1 N–H and O–H groups in total. The average Bonchev–Trinajstić information content (AvgIpc) is 2.89. The highest BCUT2D eigenvalue weighted by molar-refractivity contribution is 5.78. The van der Waals surface area contributed by atoms with Crippen LogP contribution in [-0.4, -0.2) is 36.3 Å². The van der Waals surface area contributed by atoms with Gasteiger partial charge in [0.2, 0.25) is 5.89 Å². The molecule has 2 aromatic rings. The first-order valence-electron chi connectivity index (χ1n) is 7.03. The summed E-state index contributed by atoms with van der Waals surface area (Å²) in [6.45, 7) is 1.76. The van der Waals surface area contributed by atoms with Gasteiger partial charge in [-0.1, -0.05) is 0 Å². The largest absolute Gasteiger partial charge is 0.481 e. The Morgan fingerprint density at radius 3 is 3.19 bits per heavy atom. The lowest BCUT2D eigenvalue weighted by atomic mass is 9.98. The summed E-state index contributed by atoms with van der Waals surface area (Å²) in [6.07, 6.45) is 1.64. The third-order valence-corrected chi connectivity index (χ3v) is 3.82. The van der Waals surface area contributed by atoms with Gasteiger partial charge in [-0.25, -0.2) is 4.98 Å². The third-order valence-electron chi connectivity index (χ3n) is 3.82. The third kappa shape index (κ3) is 2.85. The fraction of sp³-hybridized carbons (Fsp3) is 0.467. The summed E-state index contributed by atoms with van der Waals surface area (Å²) in [5.41, 5.74) is 2.49. The number of aliphatic carboxylic acids is 1. The molecular weight excluding hydrogens is 272 g/mol. The molecule has 1 aromatic carbocycles. The topological polar surface area (TPSA) is 75.8 Å². The van der Waals surface area contributed by atoms with Crippen molar-refractivity contribution in [1.82, 2.24) is 4.98 Å². The number of hydrogen-bond acceptors (Lipinski definition) is 5. The van der Waals surface area contributed by atoms with E-state index in [0.29, 0.717) is 19.0 Å². The molecule has 6 nitrogen and oxygen atoms in total. The van der Waals surface area contributed by atoms with E-state index in [-0.39, 0.29) is 5.92 Å². The van der Waals surface area contributed by atoms with Crippen LogP contribution < -0.4 is 4.90 Å². The molecule has 112 valence electrons. The summed E-state index contributed by atoms with van der Waals surface area (Å²) >= 11 is 0. The highest BCUT2D eigenvalue weighted by Gasteiger charge is 2.25. The molecule has 1 aliphatic rings. The number of fused-ring (bicyclic) bond motifs is 1. The first-order valence-corrected chi connectivity index (χ1v) is 7.03. The zero-order chi connectivity index (χ0) is 14.8. The summed E-state index contributed by atoms with van der Waals surface area (Å²) in [6, 6.07) is 5.78. The molecule has 1 aliphatic heterocycles. The van der Waals surface area contributed by atoms with Crippen molar-refractivity contribution in [3.63, 3.8) is 0 Å². The lowest BCUT2D eigenvalue weighted by Gasteiger charge is -2.32. The van der Waals surface area contributed by atoms with Crippen molar-refractivity contribution in [2.45, 2.75) is 19.4 Å². The molecular formula is C15H18N2O4. The van der Waals surface area contributed by atoms with Gasteiger partial charge in [0.1, 0.15) is 12.1 Å². The molecule has 1 atom stereocenters. The highest BCUT2D eigenvalue weighted by atomic mass is 16.5. The van der Waals surface area contributed by atoms with Gasteiger partial charge in [-0.3, -0.25) is 4.79 Å². The molecule has 21 heavy (non-hydrogen) atoms. The van der Waals surface area contributed by atoms with Crippen LogP contribution in [0.3, 0.4) is 0 Å². The van der Waals surface area contributed by atoms with Crippen molar-refractivity contribution in [2.75, 3.05) is 25.1 Å². The van der Waals surface area contributed by atoms with Crippen LogP contribution >= 0.6 is 0 Å². The molecule has 6 heteroatoms. The molecule has 1 saturated heterocycles. The van der Waals surface area contributed by atoms with Crippen molar-refractivity contribution in [3.05, 3.63) is 24.1 Å². The van der Waals surface area contributed by atoms with Crippen LogP contribution in [0.1, 0.15) is 18.7 Å². The smallest absolute Gasteiger partial charge is 0.308 e. The van der Waals surface area contributed by atoms with Gasteiger partial charge in [-0.2, -0.15) is 0 Å². The van der Waals surface area contributed by atoms with Gasteiger partial charge in [0, 0.05) is 25.9 Å². The molecule has 0 aliphatic carbocycles. The van der Waals surface area contributed by atoms with Gasteiger partial charge in [0.15, 0.2) is 5.58 Å². The molecule has 0 radical (unpaired) electrons. The number of methoxy groups -OCH3 is 1. The predicted octanol–water partition coefficient (Wildman–Crippen LogP) is 2.28. The highest BCUT2D eigenvalue weighted by Crippen LogP contribution is 2.27.